The molecular weight excluding hydrogens is 480 g/mol. The first kappa shape index (κ1) is 29.4. The predicted molar refractivity (Wildman–Crippen MR) is 144 cm³/mol. The van der Waals surface area contributed by atoms with Crippen molar-refractivity contribution >= 4 is 25.3 Å². The summed E-state index contributed by atoms with van der Waals surface area (Å²) in [5.41, 5.74) is 13.1. The number of carbonyl (C=O) groups excluding carboxylic acids is 1. The maximum atomic E-state index is 12.6. The van der Waals surface area contributed by atoms with Crippen molar-refractivity contribution in [3.63, 3.8) is 0 Å². The third-order valence-electron chi connectivity index (χ3n) is 5.95. The maximum Gasteiger partial charge on any atom is 0.508 e. The van der Waals surface area contributed by atoms with Gasteiger partial charge in [0.1, 0.15) is 0 Å². The quantitative estimate of drug-likeness (QED) is 0.291. The Morgan fingerprint density at radius 2 is 2.00 bits per heavy atom. The van der Waals surface area contributed by atoms with Crippen LogP contribution in [0, 0.1) is 20.8 Å². The van der Waals surface area contributed by atoms with Crippen LogP contribution >= 0.6 is 8.03 Å². The van der Waals surface area contributed by atoms with E-state index in [2.05, 4.69) is 42.7 Å². The smallest absolute Gasteiger partial charge is 0.378 e. The summed E-state index contributed by atoms with van der Waals surface area (Å²) in [6.07, 6.45) is 2.12. The number of hydrogen-bond acceptors (Lipinski definition) is 5. The van der Waals surface area contributed by atoms with Gasteiger partial charge in [-0.15, -0.1) is 0 Å². The van der Waals surface area contributed by atoms with Gasteiger partial charge in [0.05, 0.1) is 16.9 Å². The summed E-state index contributed by atoms with van der Waals surface area (Å²) in [5, 5.41) is 6.52. The zero-order valence-corrected chi connectivity index (χ0v) is 22.7. The maximum absolute atomic E-state index is 12.6. The van der Waals surface area contributed by atoms with Crippen molar-refractivity contribution in [1.29, 1.82) is 0 Å². The van der Waals surface area contributed by atoms with Crippen molar-refractivity contribution in [1.82, 2.24) is 14.7 Å². The third kappa shape index (κ3) is 7.82. The highest BCUT2D eigenvalue weighted by molar-refractivity contribution is 7.38. The Hall–Kier alpha value is -2.87. The zero-order chi connectivity index (χ0) is 26.8. The Kier molecular flexibility index (Phi) is 11.4. The van der Waals surface area contributed by atoms with Gasteiger partial charge in [-0.05, 0) is 60.9 Å². The SMILES string of the molecule is CCCNC(=O)c1cc(NCc2c(C)cccc2CC)c2nc(C)c(C)n2c1.NCC(F)C[P+](=O)O. The highest BCUT2D eigenvalue weighted by atomic mass is 31.1. The van der Waals surface area contributed by atoms with Gasteiger partial charge in [-0.1, -0.05) is 32.0 Å². The van der Waals surface area contributed by atoms with Gasteiger partial charge in [0.15, 0.2) is 11.8 Å². The summed E-state index contributed by atoms with van der Waals surface area (Å²) in [6, 6.07) is 8.34. The normalized spacial score (nSPS) is 12.1. The van der Waals surface area contributed by atoms with Crippen molar-refractivity contribution in [2.24, 2.45) is 5.73 Å². The first-order valence-corrected chi connectivity index (χ1v) is 13.6. The van der Waals surface area contributed by atoms with Crippen LogP contribution in [0.1, 0.15) is 58.7 Å². The van der Waals surface area contributed by atoms with Crippen LogP contribution in [0.4, 0.5) is 10.1 Å². The summed E-state index contributed by atoms with van der Waals surface area (Å²) >= 11 is 0. The summed E-state index contributed by atoms with van der Waals surface area (Å²) < 4.78 is 23.7. The standard InChI is InChI=1S/C23H30N4O.C3H7FNO2P/c1-6-11-24-23(28)19-12-21(22-26-16(4)17(5)27(22)14-19)25-13-20-15(3)9-8-10-18(20)7-2;4-3(1-5)2-8(6)7/h8-10,12,14,25H,6-7,11,13H2,1-5H3,(H,24,28);3H,1-2,5H2/p+1. The van der Waals surface area contributed by atoms with Gasteiger partial charge in [-0.2, -0.15) is 4.89 Å². The van der Waals surface area contributed by atoms with Crippen molar-refractivity contribution in [2.75, 3.05) is 24.6 Å². The van der Waals surface area contributed by atoms with Gasteiger partial charge >= 0.3 is 8.03 Å². The third-order valence-corrected chi connectivity index (χ3v) is 6.66. The molecule has 2 heterocycles. The number of alkyl halides is 1. The van der Waals surface area contributed by atoms with Crippen LogP contribution < -0.4 is 16.4 Å². The lowest BCUT2D eigenvalue weighted by Crippen LogP contribution is -2.24. The van der Waals surface area contributed by atoms with Crippen LogP contribution in [0.3, 0.4) is 0 Å². The highest BCUT2D eigenvalue weighted by Crippen LogP contribution is 2.24. The number of imidazole rings is 1. The lowest BCUT2D eigenvalue weighted by molar-refractivity contribution is 0.0953. The minimum Gasteiger partial charge on any atom is -0.378 e. The molecule has 5 N–H and O–H groups in total. The van der Waals surface area contributed by atoms with Gasteiger partial charge in [-0.3, -0.25) is 4.79 Å². The number of nitrogens with one attached hydrogen (secondary N) is 2. The minimum absolute atomic E-state index is 0.0531. The van der Waals surface area contributed by atoms with Crippen LogP contribution in [-0.4, -0.2) is 45.6 Å². The molecule has 36 heavy (non-hydrogen) atoms. The van der Waals surface area contributed by atoms with E-state index in [1.807, 2.05) is 37.4 Å². The molecule has 0 aliphatic heterocycles. The number of aryl methyl sites for hydroxylation is 4. The molecule has 0 spiro atoms. The topological polar surface area (TPSA) is 122 Å². The van der Waals surface area contributed by atoms with Crippen LogP contribution in [0.5, 0.6) is 0 Å². The van der Waals surface area contributed by atoms with Crippen LogP contribution in [0.2, 0.25) is 0 Å². The lowest BCUT2D eigenvalue weighted by atomic mass is 10.00. The molecule has 1 amide bonds. The molecule has 2 unspecified atom stereocenters. The summed E-state index contributed by atoms with van der Waals surface area (Å²) in [7, 11) is -2.35. The van der Waals surface area contributed by atoms with E-state index in [1.54, 1.807) is 0 Å². The van der Waals surface area contributed by atoms with Crippen LogP contribution in [0.15, 0.2) is 30.5 Å². The number of benzene rings is 1. The molecule has 2 aromatic heterocycles. The van der Waals surface area contributed by atoms with E-state index in [4.69, 9.17) is 15.6 Å². The Morgan fingerprint density at radius 1 is 1.28 bits per heavy atom. The summed E-state index contributed by atoms with van der Waals surface area (Å²) in [5.74, 6) is -0.0531. The fourth-order valence-corrected chi connectivity index (χ4v) is 4.23. The summed E-state index contributed by atoms with van der Waals surface area (Å²) in [6.45, 7) is 11.6. The van der Waals surface area contributed by atoms with Crippen molar-refractivity contribution in [3.05, 3.63) is 64.1 Å². The average molecular weight is 519 g/mol. The fraction of sp³-hybridized carbons (Fsp3) is 0.462. The second-order valence-electron chi connectivity index (χ2n) is 8.66. The number of rotatable bonds is 10. The van der Waals surface area contributed by atoms with Gasteiger partial charge in [0.25, 0.3) is 5.91 Å². The van der Waals surface area contributed by atoms with E-state index in [0.717, 1.165) is 35.6 Å². The number of halogens is 1. The van der Waals surface area contributed by atoms with E-state index in [0.29, 0.717) is 18.7 Å². The Balaban J connectivity index is 0.000000493. The number of nitrogens with two attached hydrogens (primary N) is 1. The van der Waals surface area contributed by atoms with Crippen LogP contribution in [-0.2, 0) is 17.5 Å². The van der Waals surface area contributed by atoms with Gasteiger partial charge < -0.3 is 20.8 Å². The molecule has 196 valence electrons. The largest absolute Gasteiger partial charge is 0.508 e. The van der Waals surface area contributed by atoms with Gasteiger partial charge in [0, 0.05) is 31.5 Å². The number of carbonyl (C=O) groups is 1. The van der Waals surface area contributed by atoms with E-state index in [9.17, 15) is 13.8 Å². The number of amides is 1. The molecule has 0 radical (unpaired) electrons. The fourth-order valence-electron chi connectivity index (χ4n) is 3.74. The first-order chi connectivity index (χ1) is 17.1. The Morgan fingerprint density at radius 3 is 2.58 bits per heavy atom. The van der Waals surface area contributed by atoms with E-state index >= 15 is 0 Å². The molecule has 8 nitrogen and oxygen atoms in total. The van der Waals surface area contributed by atoms with E-state index in [-0.39, 0.29) is 18.6 Å². The zero-order valence-electron chi connectivity index (χ0n) is 21.8. The van der Waals surface area contributed by atoms with Gasteiger partial charge in [-0.25, -0.2) is 9.37 Å². The van der Waals surface area contributed by atoms with Crippen molar-refractivity contribution < 1.29 is 18.6 Å². The van der Waals surface area contributed by atoms with Gasteiger partial charge in [0.2, 0.25) is 6.16 Å². The monoisotopic (exact) mass is 518 g/mol. The van der Waals surface area contributed by atoms with E-state index in [1.165, 1.54) is 16.7 Å². The van der Waals surface area contributed by atoms with Crippen molar-refractivity contribution in [2.45, 2.75) is 60.2 Å². The molecule has 0 aliphatic rings. The number of hydrogen-bond donors (Lipinski definition) is 4. The minimum atomic E-state index is -2.35. The lowest BCUT2D eigenvalue weighted by Gasteiger charge is -2.15. The van der Waals surface area contributed by atoms with E-state index < -0.39 is 14.2 Å². The predicted octanol–water partition coefficient (Wildman–Crippen LogP) is 4.59. The molecule has 0 bridgehead atoms. The highest BCUT2D eigenvalue weighted by Gasteiger charge is 2.18. The molecule has 3 rings (SSSR count). The molecule has 0 aliphatic carbocycles. The molecule has 0 fully saturated rings. The molecule has 10 heteroatoms. The molecule has 0 saturated heterocycles. The number of anilines is 1. The number of pyridine rings is 1. The molecule has 2 atom stereocenters. The Bertz CT molecular complexity index is 1200. The first-order valence-electron chi connectivity index (χ1n) is 12.2. The number of nitrogens with zero attached hydrogens (tertiary/aromatic N) is 2. The molecule has 0 saturated carbocycles. The van der Waals surface area contributed by atoms with Crippen LogP contribution in [0.25, 0.3) is 5.65 Å². The average Bonchev–Trinajstić information content (AvgIpc) is 3.14. The number of fused-ring (bicyclic) bond motifs is 1. The molecule has 1 aromatic carbocycles. The van der Waals surface area contributed by atoms with Crippen molar-refractivity contribution in [3.8, 4) is 0 Å². The number of aromatic nitrogens is 2. The second kappa shape index (κ2) is 14.0. The molecule has 3 aromatic rings. The molecular formula is C26H38FN5O3P+. The second-order valence-corrected chi connectivity index (χ2v) is 9.73. The Labute approximate surface area is 213 Å². The summed E-state index contributed by atoms with van der Waals surface area (Å²) in [4.78, 5) is 25.4.